The van der Waals surface area contributed by atoms with Crippen LogP contribution in [0.2, 0.25) is 0 Å². The fraction of sp³-hybridized carbons (Fsp3) is 0.222. The normalized spacial score (nSPS) is 10.2. The predicted molar refractivity (Wildman–Crippen MR) is 81.7 cm³/mol. The van der Waals surface area contributed by atoms with E-state index in [0.717, 1.165) is 16.7 Å². The Morgan fingerprint density at radius 2 is 1.52 bits per heavy atom. The molecule has 0 unspecified atom stereocenters. The van der Waals surface area contributed by atoms with Gasteiger partial charge >= 0.3 is 5.97 Å². The molecule has 0 atom stereocenters. The predicted octanol–water partition coefficient (Wildman–Crippen LogP) is 3.65. The zero-order chi connectivity index (χ0) is 15.4. The zero-order valence-corrected chi connectivity index (χ0v) is 12.5. The number of ketones is 1. The van der Waals surface area contributed by atoms with Crippen LogP contribution in [0.25, 0.3) is 0 Å². The number of esters is 1. The maximum Gasteiger partial charge on any atom is 0.338 e. The summed E-state index contributed by atoms with van der Waals surface area (Å²) in [5.74, 6) is -0.652. The zero-order valence-electron chi connectivity index (χ0n) is 12.5. The van der Waals surface area contributed by atoms with E-state index in [2.05, 4.69) is 0 Å². The Kier molecular flexibility index (Phi) is 4.53. The summed E-state index contributed by atoms with van der Waals surface area (Å²) >= 11 is 0. The average molecular weight is 282 g/mol. The summed E-state index contributed by atoms with van der Waals surface area (Å²) in [5, 5.41) is 0. The fourth-order valence-electron chi connectivity index (χ4n) is 2.48. The van der Waals surface area contributed by atoms with Gasteiger partial charge in [-0.25, -0.2) is 4.79 Å². The van der Waals surface area contributed by atoms with Gasteiger partial charge in [0, 0.05) is 5.56 Å². The number of rotatable bonds is 4. The number of hydrogen-bond acceptors (Lipinski definition) is 3. The Labute approximate surface area is 124 Å². The number of hydrogen-bond donors (Lipinski definition) is 0. The number of carbonyl (C=O) groups excluding carboxylic acids is 2. The first kappa shape index (κ1) is 15.0. The van der Waals surface area contributed by atoms with Crippen LogP contribution in [0.3, 0.4) is 0 Å². The van der Waals surface area contributed by atoms with E-state index in [1.807, 2.05) is 39.0 Å². The van der Waals surface area contributed by atoms with Gasteiger partial charge in [0.1, 0.15) is 0 Å². The van der Waals surface area contributed by atoms with Crippen LogP contribution in [-0.4, -0.2) is 18.4 Å². The SMILES string of the molecule is Cc1cc(C)c(C(=O)COC(=O)c2ccccc2)c(C)c1. The van der Waals surface area contributed by atoms with Crippen molar-refractivity contribution in [3.05, 3.63) is 70.3 Å². The molecule has 21 heavy (non-hydrogen) atoms. The van der Waals surface area contributed by atoms with Gasteiger partial charge in [-0.15, -0.1) is 0 Å². The largest absolute Gasteiger partial charge is 0.454 e. The number of Topliss-reactive ketones (excluding diaryl/α,β-unsaturated/α-hetero) is 1. The van der Waals surface area contributed by atoms with Crippen LogP contribution in [0.4, 0.5) is 0 Å². The van der Waals surface area contributed by atoms with E-state index in [-0.39, 0.29) is 12.4 Å². The van der Waals surface area contributed by atoms with Crippen LogP contribution < -0.4 is 0 Å². The second kappa shape index (κ2) is 6.35. The van der Waals surface area contributed by atoms with Crippen molar-refractivity contribution in [2.45, 2.75) is 20.8 Å². The summed E-state index contributed by atoms with van der Waals surface area (Å²) in [7, 11) is 0. The molecule has 0 heterocycles. The molecule has 0 saturated heterocycles. The minimum absolute atomic E-state index is 0.172. The Balaban J connectivity index is 2.08. The molecule has 2 aromatic carbocycles. The second-order valence-electron chi connectivity index (χ2n) is 5.14. The van der Waals surface area contributed by atoms with E-state index in [0.29, 0.717) is 11.1 Å². The molecule has 0 radical (unpaired) electrons. The van der Waals surface area contributed by atoms with Gasteiger partial charge in [0.25, 0.3) is 0 Å². The molecule has 2 aromatic rings. The molecule has 0 saturated carbocycles. The van der Waals surface area contributed by atoms with Gasteiger partial charge in [0.05, 0.1) is 5.56 Å². The third-order valence-corrected chi connectivity index (χ3v) is 3.30. The molecular formula is C18H18O3. The third kappa shape index (κ3) is 3.57. The number of aryl methyl sites for hydroxylation is 3. The Morgan fingerprint density at radius 1 is 0.952 bits per heavy atom. The summed E-state index contributed by atoms with van der Waals surface area (Å²) in [6, 6.07) is 12.6. The van der Waals surface area contributed by atoms with Crippen molar-refractivity contribution in [2.75, 3.05) is 6.61 Å². The minimum Gasteiger partial charge on any atom is -0.454 e. The molecule has 108 valence electrons. The summed E-state index contributed by atoms with van der Waals surface area (Å²) in [6.45, 7) is 5.54. The quantitative estimate of drug-likeness (QED) is 0.635. The van der Waals surface area contributed by atoms with E-state index in [1.165, 1.54) is 0 Å². The molecule has 3 heteroatoms. The van der Waals surface area contributed by atoms with Gasteiger partial charge in [-0.05, 0) is 44.0 Å². The molecule has 0 aliphatic heterocycles. The van der Waals surface area contributed by atoms with Crippen molar-refractivity contribution < 1.29 is 14.3 Å². The molecule has 0 N–H and O–H groups in total. The average Bonchev–Trinajstić information content (AvgIpc) is 2.44. The van der Waals surface area contributed by atoms with Crippen molar-refractivity contribution in [3.63, 3.8) is 0 Å². The van der Waals surface area contributed by atoms with Crippen LogP contribution in [0, 0.1) is 20.8 Å². The second-order valence-corrected chi connectivity index (χ2v) is 5.14. The highest BCUT2D eigenvalue weighted by atomic mass is 16.5. The summed E-state index contributed by atoms with van der Waals surface area (Å²) in [4.78, 5) is 24.1. The van der Waals surface area contributed by atoms with Gasteiger partial charge in [-0.2, -0.15) is 0 Å². The van der Waals surface area contributed by atoms with Gasteiger partial charge in [0.2, 0.25) is 5.78 Å². The van der Waals surface area contributed by atoms with Crippen LogP contribution in [0.15, 0.2) is 42.5 Å². The van der Waals surface area contributed by atoms with Crippen molar-refractivity contribution in [1.82, 2.24) is 0 Å². The highest BCUT2D eigenvalue weighted by Gasteiger charge is 2.15. The maximum absolute atomic E-state index is 12.3. The molecule has 0 aliphatic carbocycles. The minimum atomic E-state index is -0.480. The van der Waals surface area contributed by atoms with Crippen LogP contribution in [0.1, 0.15) is 37.4 Å². The van der Waals surface area contributed by atoms with Crippen molar-refractivity contribution in [2.24, 2.45) is 0 Å². The van der Waals surface area contributed by atoms with Gasteiger partial charge in [-0.3, -0.25) is 4.79 Å². The molecule has 0 spiro atoms. The van der Waals surface area contributed by atoms with E-state index in [4.69, 9.17) is 4.74 Å². The summed E-state index contributed by atoms with van der Waals surface area (Å²) < 4.78 is 5.10. The first-order chi connectivity index (χ1) is 9.99. The highest BCUT2D eigenvalue weighted by Crippen LogP contribution is 2.17. The Morgan fingerprint density at radius 3 is 2.10 bits per heavy atom. The summed E-state index contributed by atoms with van der Waals surface area (Å²) in [6.07, 6.45) is 0. The lowest BCUT2D eigenvalue weighted by atomic mass is 9.97. The van der Waals surface area contributed by atoms with E-state index in [9.17, 15) is 9.59 Å². The topological polar surface area (TPSA) is 43.4 Å². The summed E-state index contributed by atoms with van der Waals surface area (Å²) in [5.41, 5.74) is 4.02. The van der Waals surface area contributed by atoms with Crippen LogP contribution >= 0.6 is 0 Å². The van der Waals surface area contributed by atoms with Crippen LogP contribution in [0.5, 0.6) is 0 Å². The molecule has 0 bridgehead atoms. The van der Waals surface area contributed by atoms with E-state index < -0.39 is 5.97 Å². The number of carbonyl (C=O) groups is 2. The molecule has 0 fully saturated rings. The van der Waals surface area contributed by atoms with Gasteiger partial charge < -0.3 is 4.74 Å². The monoisotopic (exact) mass is 282 g/mol. The Hall–Kier alpha value is -2.42. The highest BCUT2D eigenvalue weighted by molar-refractivity contribution is 6.01. The van der Waals surface area contributed by atoms with Crippen molar-refractivity contribution in [3.8, 4) is 0 Å². The molecule has 0 amide bonds. The van der Waals surface area contributed by atoms with E-state index >= 15 is 0 Å². The molecular weight excluding hydrogens is 264 g/mol. The lowest BCUT2D eigenvalue weighted by molar-refractivity contribution is 0.0474. The fourth-order valence-corrected chi connectivity index (χ4v) is 2.48. The number of benzene rings is 2. The molecule has 0 aliphatic rings. The number of ether oxygens (including phenoxy) is 1. The Bertz CT molecular complexity index is 649. The van der Waals surface area contributed by atoms with Crippen LogP contribution in [-0.2, 0) is 4.74 Å². The lowest BCUT2D eigenvalue weighted by Crippen LogP contribution is -2.16. The lowest BCUT2D eigenvalue weighted by Gasteiger charge is -2.10. The van der Waals surface area contributed by atoms with Crippen molar-refractivity contribution >= 4 is 11.8 Å². The smallest absolute Gasteiger partial charge is 0.338 e. The standard InChI is InChI=1S/C18H18O3/c1-12-9-13(2)17(14(3)10-12)16(19)11-21-18(20)15-7-5-4-6-8-15/h4-10H,11H2,1-3H3. The molecule has 3 nitrogen and oxygen atoms in total. The van der Waals surface area contributed by atoms with Gasteiger partial charge in [0.15, 0.2) is 6.61 Å². The molecule has 2 rings (SSSR count). The van der Waals surface area contributed by atoms with E-state index in [1.54, 1.807) is 24.3 Å². The maximum atomic E-state index is 12.3. The first-order valence-electron chi connectivity index (χ1n) is 6.82. The van der Waals surface area contributed by atoms with Crippen molar-refractivity contribution in [1.29, 1.82) is 0 Å². The van der Waals surface area contributed by atoms with Gasteiger partial charge in [-0.1, -0.05) is 35.9 Å². The first-order valence-corrected chi connectivity index (χ1v) is 6.82. The third-order valence-electron chi connectivity index (χ3n) is 3.30. The molecule has 0 aromatic heterocycles.